The van der Waals surface area contributed by atoms with Crippen molar-refractivity contribution in [2.75, 3.05) is 0 Å². The van der Waals surface area contributed by atoms with E-state index in [9.17, 15) is 15.2 Å². The minimum absolute atomic E-state index is 0.126. The first kappa shape index (κ1) is 14.2. The number of rotatable bonds is 4. The van der Waals surface area contributed by atoms with E-state index in [1.807, 2.05) is 12.1 Å². The number of hydrogen-bond donors (Lipinski definition) is 1. The van der Waals surface area contributed by atoms with Gasteiger partial charge >= 0.3 is 5.69 Å². The molecule has 0 bridgehead atoms. The van der Waals surface area contributed by atoms with Crippen LogP contribution in [0.15, 0.2) is 30.3 Å². The van der Waals surface area contributed by atoms with Gasteiger partial charge < -0.3 is 9.84 Å². The van der Waals surface area contributed by atoms with Gasteiger partial charge in [-0.05, 0) is 53.8 Å². The predicted octanol–water partition coefficient (Wildman–Crippen LogP) is 4.11. The maximum Gasteiger partial charge on any atom is 0.323 e. The van der Waals surface area contributed by atoms with Crippen LogP contribution in [0.25, 0.3) is 0 Å². The maximum absolute atomic E-state index is 11.0. The van der Waals surface area contributed by atoms with Gasteiger partial charge in [0, 0.05) is 14.5 Å². The van der Waals surface area contributed by atoms with Crippen LogP contribution in [0.2, 0.25) is 0 Å². The van der Waals surface area contributed by atoms with Crippen molar-refractivity contribution in [2.24, 2.45) is 0 Å². The Morgan fingerprint density at radius 1 is 1.42 bits per heavy atom. The van der Waals surface area contributed by atoms with E-state index in [1.165, 1.54) is 6.07 Å². The molecule has 1 heterocycles. The van der Waals surface area contributed by atoms with E-state index in [0.717, 1.165) is 14.9 Å². The largest absolute Gasteiger partial charge is 0.440 e. The summed E-state index contributed by atoms with van der Waals surface area (Å²) in [6.45, 7) is 1.56. The molecule has 1 unspecified atom stereocenters. The molecule has 0 saturated carbocycles. The van der Waals surface area contributed by atoms with Crippen LogP contribution in [0.1, 0.15) is 17.9 Å². The van der Waals surface area contributed by atoms with Gasteiger partial charge in [0.2, 0.25) is 0 Å². The van der Waals surface area contributed by atoms with Crippen molar-refractivity contribution in [3.8, 4) is 10.8 Å². The quantitative estimate of drug-likeness (QED) is 0.484. The Bertz CT molecular complexity index is 594. The van der Waals surface area contributed by atoms with Gasteiger partial charge in [0.25, 0.3) is 5.06 Å². The first-order valence-electron chi connectivity index (χ1n) is 5.37. The SMILES string of the molecule is CC(O)c1cc([N+](=O)[O-])c(Oc2ccc(I)cc2)s1. The number of hydrogen-bond acceptors (Lipinski definition) is 5. The fourth-order valence-electron chi connectivity index (χ4n) is 1.40. The highest BCUT2D eigenvalue weighted by Crippen LogP contribution is 2.41. The minimum Gasteiger partial charge on any atom is -0.440 e. The lowest BCUT2D eigenvalue weighted by Crippen LogP contribution is -1.89. The van der Waals surface area contributed by atoms with Gasteiger partial charge in [-0.15, -0.1) is 0 Å². The first-order valence-corrected chi connectivity index (χ1v) is 7.26. The van der Waals surface area contributed by atoms with Crippen molar-refractivity contribution >= 4 is 39.6 Å². The second kappa shape index (κ2) is 5.85. The molecule has 0 amide bonds. The lowest BCUT2D eigenvalue weighted by Gasteiger charge is -2.02. The third kappa shape index (κ3) is 3.43. The van der Waals surface area contributed by atoms with Gasteiger partial charge in [0.15, 0.2) is 0 Å². The summed E-state index contributed by atoms with van der Waals surface area (Å²) in [6, 6.07) is 8.54. The summed E-state index contributed by atoms with van der Waals surface area (Å²) in [6.07, 6.45) is -0.752. The summed E-state index contributed by atoms with van der Waals surface area (Å²) in [5, 5.41) is 20.6. The van der Waals surface area contributed by atoms with Gasteiger partial charge in [-0.25, -0.2) is 0 Å². The smallest absolute Gasteiger partial charge is 0.323 e. The van der Waals surface area contributed by atoms with E-state index in [4.69, 9.17) is 4.74 Å². The summed E-state index contributed by atoms with van der Waals surface area (Å²) in [7, 11) is 0. The highest BCUT2D eigenvalue weighted by Gasteiger charge is 2.22. The highest BCUT2D eigenvalue weighted by molar-refractivity contribution is 14.1. The Labute approximate surface area is 127 Å². The Kier molecular flexibility index (Phi) is 4.38. The fourth-order valence-corrected chi connectivity index (χ4v) is 2.69. The average molecular weight is 391 g/mol. The standard InChI is InChI=1S/C12H10INO4S/c1-7(15)11-6-10(14(16)17)12(19-11)18-9-4-2-8(13)3-5-9/h2-7,15H,1H3. The number of nitro groups is 1. The highest BCUT2D eigenvalue weighted by atomic mass is 127. The lowest BCUT2D eigenvalue weighted by atomic mass is 10.3. The number of ether oxygens (including phenoxy) is 1. The topological polar surface area (TPSA) is 72.6 Å². The lowest BCUT2D eigenvalue weighted by molar-refractivity contribution is -0.385. The van der Waals surface area contributed by atoms with Crippen LogP contribution >= 0.6 is 33.9 Å². The van der Waals surface area contributed by atoms with Crippen LogP contribution in [0.4, 0.5) is 5.69 Å². The molecule has 0 spiro atoms. The zero-order valence-electron chi connectivity index (χ0n) is 9.87. The fraction of sp³-hybridized carbons (Fsp3) is 0.167. The minimum atomic E-state index is -0.752. The van der Waals surface area contributed by atoms with Crippen LogP contribution in [0.5, 0.6) is 10.8 Å². The summed E-state index contributed by atoms with van der Waals surface area (Å²) in [5.41, 5.74) is -0.126. The van der Waals surface area contributed by atoms with Crippen molar-refractivity contribution in [3.05, 3.63) is 48.9 Å². The Hall–Kier alpha value is -1.19. The van der Waals surface area contributed by atoms with E-state index in [0.29, 0.717) is 10.6 Å². The summed E-state index contributed by atoms with van der Waals surface area (Å²) < 4.78 is 6.57. The second-order valence-electron chi connectivity index (χ2n) is 3.81. The van der Waals surface area contributed by atoms with Crippen molar-refractivity contribution in [1.82, 2.24) is 0 Å². The zero-order valence-corrected chi connectivity index (χ0v) is 12.8. The van der Waals surface area contributed by atoms with Gasteiger partial charge in [-0.2, -0.15) is 0 Å². The molecule has 100 valence electrons. The molecule has 19 heavy (non-hydrogen) atoms. The van der Waals surface area contributed by atoms with Crippen molar-refractivity contribution < 1.29 is 14.8 Å². The van der Waals surface area contributed by atoms with Crippen LogP contribution in [-0.4, -0.2) is 10.0 Å². The summed E-state index contributed by atoms with van der Waals surface area (Å²) in [5.74, 6) is 0.530. The molecule has 0 aliphatic carbocycles. The van der Waals surface area contributed by atoms with E-state index in [1.54, 1.807) is 19.1 Å². The molecule has 0 fully saturated rings. The van der Waals surface area contributed by atoms with Crippen LogP contribution in [0.3, 0.4) is 0 Å². The monoisotopic (exact) mass is 391 g/mol. The van der Waals surface area contributed by atoms with E-state index >= 15 is 0 Å². The molecule has 1 atom stereocenters. The van der Waals surface area contributed by atoms with Gasteiger partial charge in [0.05, 0.1) is 11.0 Å². The van der Waals surface area contributed by atoms with Crippen molar-refractivity contribution in [2.45, 2.75) is 13.0 Å². The zero-order chi connectivity index (χ0) is 14.0. The van der Waals surface area contributed by atoms with Crippen LogP contribution in [0, 0.1) is 13.7 Å². The molecular weight excluding hydrogens is 381 g/mol. The molecule has 2 rings (SSSR count). The first-order chi connectivity index (χ1) is 8.97. The molecule has 0 radical (unpaired) electrons. The van der Waals surface area contributed by atoms with Crippen molar-refractivity contribution in [1.29, 1.82) is 0 Å². The number of nitrogens with zero attached hydrogens (tertiary/aromatic N) is 1. The molecule has 7 heteroatoms. The molecule has 2 aromatic rings. The van der Waals surface area contributed by atoms with Gasteiger partial charge in [-0.1, -0.05) is 11.3 Å². The second-order valence-corrected chi connectivity index (χ2v) is 6.10. The number of benzene rings is 1. The average Bonchev–Trinajstić information content (AvgIpc) is 2.76. The number of aliphatic hydroxyl groups excluding tert-OH is 1. The molecule has 1 aromatic carbocycles. The number of thiophene rings is 1. The van der Waals surface area contributed by atoms with E-state index in [2.05, 4.69) is 22.6 Å². The third-order valence-corrected chi connectivity index (χ3v) is 4.22. The number of aliphatic hydroxyl groups is 1. The summed E-state index contributed by atoms with van der Waals surface area (Å²) >= 11 is 3.24. The third-order valence-electron chi connectivity index (χ3n) is 2.33. The molecule has 0 aliphatic heterocycles. The molecule has 1 N–H and O–H groups in total. The van der Waals surface area contributed by atoms with E-state index < -0.39 is 11.0 Å². The van der Waals surface area contributed by atoms with Crippen LogP contribution < -0.4 is 4.74 Å². The number of halogens is 1. The van der Waals surface area contributed by atoms with Gasteiger partial charge in [-0.3, -0.25) is 10.1 Å². The van der Waals surface area contributed by atoms with Gasteiger partial charge in [0.1, 0.15) is 5.75 Å². The predicted molar refractivity (Wildman–Crippen MR) is 80.8 cm³/mol. The molecule has 0 aliphatic rings. The molecule has 0 saturated heterocycles. The Morgan fingerprint density at radius 2 is 2.05 bits per heavy atom. The van der Waals surface area contributed by atoms with Crippen LogP contribution in [-0.2, 0) is 0 Å². The maximum atomic E-state index is 11.0. The Balaban J connectivity index is 2.33. The van der Waals surface area contributed by atoms with Crippen molar-refractivity contribution in [3.63, 3.8) is 0 Å². The normalized spacial score (nSPS) is 12.2. The molecule has 5 nitrogen and oxygen atoms in total. The summed E-state index contributed by atoms with van der Waals surface area (Å²) in [4.78, 5) is 10.9. The Morgan fingerprint density at radius 3 is 2.58 bits per heavy atom. The molecule has 1 aromatic heterocycles. The van der Waals surface area contributed by atoms with E-state index in [-0.39, 0.29) is 10.8 Å². The molecular formula is C12H10INO4S.